The Morgan fingerprint density at radius 2 is 1.44 bits per heavy atom. The zero-order chi connectivity index (χ0) is 14.3. The van der Waals surface area contributed by atoms with Crippen LogP contribution in [-0.4, -0.2) is 5.24 Å². The maximum Gasteiger partial charge on any atom is 0.418 e. The SMILES string of the molecule is O=C(Cl)c1ccc(Br)c(C(F)(F)F)c1C(F)(F)F. The van der Waals surface area contributed by atoms with Crippen molar-refractivity contribution in [3.05, 3.63) is 33.3 Å². The fourth-order valence-electron chi connectivity index (χ4n) is 1.31. The standard InChI is InChI=1S/C9H2BrClF6O/c10-4-2-1-3(7(11)18)5(8(12,13)14)6(4)9(15,16)17/h1-2H. The first-order valence-electron chi connectivity index (χ1n) is 4.13. The number of carbonyl (C=O) groups is 1. The zero-order valence-corrected chi connectivity index (χ0v) is 10.4. The minimum atomic E-state index is -5.35. The summed E-state index contributed by atoms with van der Waals surface area (Å²) in [5.74, 6) is 0. The molecule has 0 aliphatic heterocycles. The van der Waals surface area contributed by atoms with Crippen LogP contribution in [0, 0.1) is 0 Å². The molecule has 1 nitrogen and oxygen atoms in total. The smallest absolute Gasteiger partial charge is 0.276 e. The number of benzene rings is 1. The predicted octanol–water partition coefficient (Wildman–Crippen LogP) is 4.87. The largest absolute Gasteiger partial charge is 0.418 e. The Labute approximate surface area is 110 Å². The monoisotopic (exact) mass is 354 g/mol. The van der Waals surface area contributed by atoms with Crippen LogP contribution in [-0.2, 0) is 12.4 Å². The fraction of sp³-hybridized carbons (Fsp3) is 0.222. The molecule has 9 heteroatoms. The predicted molar refractivity (Wildman–Crippen MR) is 54.3 cm³/mol. The molecule has 0 unspecified atom stereocenters. The molecule has 1 aromatic carbocycles. The van der Waals surface area contributed by atoms with Crippen molar-refractivity contribution in [2.45, 2.75) is 12.4 Å². The summed E-state index contributed by atoms with van der Waals surface area (Å²) < 4.78 is 74.9. The minimum Gasteiger partial charge on any atom is -0.276 e. The van der Waals surface area contributed by atoms with Crippen LogP contribution in [0.5, 0.6) is 0 Å². The summed E-state index contributed by atoms with van der Waals surface area (Å²) in [5, 5.41) is -1.61. The summed E-state index contributed by atoms with van der Waals surface area (Å²) in [5.41, 5.74) is -5.30. The highest BCUT2D eigenvalue weighted by atomic mass is 79.9. The first-order chi connectivity index (χ1) is 7.96. The summed E-state index contributed by atoms with van der Waals surface area (Å²) >= 11 is 7.25. The molecule has 0 saturated carbocycles. The first kappa shape index (κ1) is 15.3. The van der Waals surface area contributed by atoms with Crippen molar-refractivity contribution >= 4 is 32.8 Å². The van der Waals surface area contributed by atoms with E-state index < -0.39 is 38.8 Å². The lowest BCUT2D eigenvalue weighted by Crippen LogP contribution is -2.20. The normalized spacial score (nSPS) is 12.7. The zero-order valence-electron chi connectivity index (χ0n) is 8.09. The average Bonchev–Trinajstić information content (AvgIpc) is 2.13. The highest BCUT2D eigenvalue weighted by molar-refractivity contribution is 9.10. The molecule has 0 radical (unpaired) electrons. The van der Waals surface area contributed by atoms with E-state index in [1.54, 1.807) is 0 Å². The van der Waals surface area contributed by atoms with Crippen LogP contribution in [0.1, 0.15) is 21.5 Å². The van der Waals surface area contributed by atoms with Gasteiger partial charge in [-0.25, -0.2) is 0 Å². The van der Waals surface area contributed by atoms with Gasteiger partial charge in [-0.2, -0.15) is 26.3 Å². The molecular weight excluding hydrogens is 353 g/mol. The van der Waals surface area contributed by atoms with Gasteiger partial charge in [0.05, 0.1) is 11.1 Å². The quantitative estimate of drug-likeness (QED) is 0.519. The van der Waals surface area contributed by atoms with Gasteiger partial charge in [-0.05, 0) is 23.7 Å². The van der Waals surface area contributed by atoms with Crippen LogP contribution in [0.25, 0.3) is 0 Å². The van der Waals surface area contributed by atoms with Crippen LogP contribution in [0.2, 0.25) is 0 Å². The summed E-state index contributed by atoms with van der Waals surface area (Å²) in [4.78, 5) is 10.8. The Bertz CT molecular complexity index is 493. The molecule has 18 heavy (non-hydrogen) atoms. The van der Waals surface area contributed by atoms with Gasteiger partial charge in [-0.15, -0.1) is 0 Å². The lowest BCUT2D eigenvalue weighted by Gasteiger charge is -2.19. The number of alkyl halides is 6. The molecule has 0 aliphatic carbocycles. The Morgan fingerprint density at radius 3 is 1.78 bits per heavy atom. The Morgan fingerprint density at radius 1 is 1.00 bits per heavy atom. The van der Waals surface area contributed by atoms with Gasteiger partial charge >= 0.3 is 12.4 Å². The van der Waals surface area contributed by atoms with Gasteiger partial charge in [0, 0.05) is 10.0 Å². The lowest BCUT2D eigenvalue weighted by molar-refractivity contribution is -0.162. The molecule has 1 aromatic rings. The summed E-state index contributed by atoms with van der Waals surface area (Å²) in [6, 6.07) is 1.27. The highest BCUT2D eigenvalue weighted by Crippen LogP contribution is 2.45. The van der Waals surface area contributed by atoms with Crippen molar-refractivity contribution in [2.75, 3.05) is 0 Å². The van der Waals surface area contributed by atoms with Crippen molar-refractivity contribution in [1.29, 1.82) is 0 Å². The maximum atomic E-state index is 12.6. The van der Waals surface area contributed by atoms with Crippen LogP contribution < -0.4 is 0 Å². The summed E-state index contributed by atoms with van der Waals surface area (Å²) in [6.45, 7) is 0. The third-order valence-electron chi connectivity index (χ3n) is 1.93. The van der Waals surface area contributed by atoms with Crippen molar-refractivity contribution in [1.82, 2.24) is 0 Å². The summed E-state index contributed by atoms with van der Waals surface area (Å²) in [6.07, 6.45) is -10.6. The van der Waals surface area contributed by atoms with Crippen LogP contribution in [0.3, 0.4) is 0 Å². The van der Waals surface area contributed by atoms with E-state index >= 15 is 0 Å². The maximum absolute atomic E-state index is 12.6. The number of hydrogen-bond acceptors (Lipinski definition) is 1. The third-order valence-corrected chi connectivity index (χ3v) is 2.80. The fourth-order valence-corrected chi connectivity index (χ4v) is 2.03. The van der Waals surface area contributed by atoms with E-state index in [-0.39, 0.29) is 0 Å². The van der Waals surface area contributed by atoms with Gasteiger partial charge in [0.25, 0.3) is 5.24 Å². The molecule has 0 fully saturated rings. The van der Waals surface area contributed by atoms with E-state index in [1.165, 1.54) is 0 Å². The molecule has 1 rings (SSSR count). The second-order valence-electron chi connectivity index (χ2n) is 3.11. The number of hydrogen-bond donors (Lipinski definition) is 0. The van der Waals surface area contributed by atoms with Gasteiger partial charge < -0.3 is 0 Å². The van der Waals surface area contributed by atoms with Crippen molar-refractivity contribution < 1.29 is 31.1 Å². The minimum absolute atomic E-state index is 0.581. The van der Waals surface area contributed by atoms with Crippen molar-refractivity contribution in [3.63, 3.8) is 0 Å². The Kier molecular flexibility index (Phi) is 4.02. The molecule has 0 aromatic heterocycles. The molecule has 0 saturated heterocycles. The van der Waals surface area contributed by atoms with Crippen LogP contribution in [0.4, 0.5) is 26.3 Å². The number of carbonyl (C=O) groups excluding carboxylic acids is 1. The van der Waals surface area contributed by atoms with Crippen molar-refractivity contribution in [2.24, 2.45) is 0 Å². The Hall–Kier alpha value is -0.760. The number of rotatable bonds is 1. The van der Waals surface area contributed by atoms with Gasteiger partial charge in [0.2, 0.25) is 0 Å². The van der Waals surface area contributed by atoms with E-state index in [4.69, 9.17) is 11.6 Å². The number of halogens is 8. The van der Waals surface area contributed by atoms with E-state index in [2.05, 4.69) is 15.9 Å². The van der Waals surface area contributed by atoms with Crippen LogP contribution in [0.15, 0.2) is 16.6 Å². The first-order valence-corrected chi connectivity index (χ1v) is 5.30. The molecule has 100 valence electrons. The molecule has 0 amide bonds. The molecule has 0 spiro atoms. The molecule has 0 bridgehead atoms. The van der Waals surface area contributed by atoms with Gasteiger partial charge in [0.15, 0.2) is 0 Å². The van der Waals surface area contributed by atoms with E-state index in [0.29, 0.717) is 12.1 Å². The van der Waals surface area contributed by atoms with Crippen LogP contribution >= 0.6 is 27.5 Å². The molecule has 0 aliphatic rings. The van der Waals surface area contributed by atoms with Crippen molar-refractivity contribution in [3.8, 4) is 0 Å². The molecule has 0 heterocycles. The van der Waals surface area contributed by atoms with E-state index in [1.807, 2.05) is 0 Å². The van der Waals surface area contributed by atoms with Gasteiger partial charge in [-0.3, -0.25) is 4.79 Å². The lowest BCUT2D eigenvalue weighted by atomic mass is 10.0. The average molecular weight is 355 g/mol. The van der Waals surface area contributed by atoms with E-state index in [0.717, 1.165) is 0 Å². The summed E-state index contributed by atoms with van der Waals surface area (Å²) in [7, 11) is 0. The highest BCUT2D eigenvalue weighted by Gasteiger charge is 2.47. The van der Waals surface area contributed by atoms with E-state index in [9.17, 15) is 31.1 Å². The second kappa shape index (κ2) is 4.73. The topological polar surface area (TPSA) is 17.1 Å². The van der Waals surface area contributed by atoms with Gasteiger partial charge in [-0.1, -0.05) is 15.9 Å². The van der Waals surface area contributed by atoms with Gasteiger partial charge in [0.1, 0.15) is 0 Å². The molecule has 0 atom stereocenters. The second-order valence-corrected chi connectivity index (χ2v) is 4.31. The molecule has 0 N–H and O–H groups in total. The molecular formula is C9H2BrClF6O. The third kappa shape index (κ3) is 2.97. The Balaban J connectivity index is 3.79.